The standard InChI is InChI=1S/C16H23N3O4.ClH/c1-19(2)15(21)10-23-14-6-4-3-5-12(14)16(22)18-8-11-7-17-9-13(11)20;/h3-6,11,13,17,20H,7-10H2,1-2H3,(H,18,22);1H. The fraction of sp³-hybridized carbons (Fsp3) is 0.500. The van der Waals surface area contributed by atoms with Crippen LogP contribution in [0.3, 0.4) is 0 Å². The normalized spacial score (nSPS) is 19.3. The van der Waals surface area contributed by atoms with Crippen LogP contribution in [-0.4, -0.2) is 68.3 Å². The number of likely N-dealkylation sites (N-methyl/N-ethyl adjacent to an activating group) is 1. The predicted molar refractivity (Wildman–Crippen MR) is 92.6 cm³/mol. The number of para-hydroxylation sites is 1. The number of halogens is 1. The molecule has 0 spiro atoms. The first-order valence-corrected chi connectivity index (χ1v) is 7.58. The molecule has 0 aromatic heterocycles. The van der Waals surface area contributed by atoms with Crippen LogP contribution in [0.4, 0.5) is 0 Å². The lowest BCUT2D eigenvalue weighted by molar-refractivity contribution is -0.130. The molecule has 3 N–H and O–H groups in total. The second-order valence-corrected chi connectivity index (χ2v) is 5.77. The van der Waals surface area contributed by atoms with Crippen molar-refractivity contribution >= 4 is 24.2 Å². The molecule has 134 valence electrons. The van der Waals surface area contributed by atoms with Gasteiger partial charge in [-0.3, -0.25) is 9.59 Å². The van der Waals surface area contributed by atoms with Gasteiger partial charge in [-0.2, -0.15) is 0 Å². The maximum Gasteiger partial charge on any atom is 0.259 e. The number of aliphatic hydroxyl groups is 1. The van der Waals surface area contributed by atoms with E-state index in [2.05, 4.69) is 10.6 Å². The Labute approximate surface area is 147 Å². The van der Waals surface area contributed by atoms with Crippen LogP contribution in [0.15, 0.2) is 24.3 Å². The monoisotopic (exact) mass is 357 g/mol. The molecule has 1 aliphatic rings. The summed E-state index contributed by atoms with van der Waals surface area (Å²) in [6.45, 7) is 1.49. The number of carbonyl (C=O) groups is 2. The number of hydrogen-bond donors (Lipinski definition) is 3. The van der Waals surface area contributed by atoms with Crippen molar-refractivity contribution in [1.29, 1.82) is 0 Å². The quantitative estimate of drug-likeness (QED) is 0.660. The molecular formula is C16H24ClN3O4. The van der Waals surface area contributed by atoms with Gasteiger partial charge in [-0.15, -0.1) is 12.4 Å². The number of amides is 2. The first-order chi connectivity index (χ1) is 11.0. The van der Waals surface area contributed by atoms with Crippen molar-refractivity contribution in [3.8, 4) is 5.75 Å². The van der Waals surface area contributed by atoms with E-state index in [1.165, 1.54) is 4.90 Å². The van der Waals surface area contributed by atoms with Crippen LogP contribution in [-0.2, 0) is 4.79 Å². The van der Waals surface area contributed by atoms with Gasteiger partial charge >= 0.3 is 0 Å². The predicted octanol–water partition coefficient (Wildman–Crippen LogP) is -0.114. The van der Waals surface area contributed by atoms with Crippen molar-refractivity contribution in [3.63, 3.8) is 0 Å². The van der Waals surface area contributed by atoms with Crippen LogP contribution >= 0.6 is 12.4 Å². The Balaban J connectivity index is 0.00000288. The third kappa shape index (κ3) is 5.36. The number of nitrogens with zero attached hydrogens (tertiary/aromatic N) is 1. The van der Waals surface area contributed by atoms with Gasteiger partial charge in [0.05, 0.1) is 11.7 Å². The van der Waals surface area contributed by atoms with Gasteiger partial charge in [0, 0.05) is 39.6 Å². The SMILES string of the molecule is CN(C)C(=O)COc1ccccc1C(=O)NCC1CNCC1O.Cl. The summed E-state index contributed by atoms with van der Waals surface area (Å²) in [7, 11) is 3.29. The largest absolute Gasteiger partial charge is 0.483 e. The Morgan fingerprint density at radius 1 is 1.33 bits per heavy atom. The van der Waals surface area contributed by atoms with Crippen molar-refractivity contribution in [2.45, 2.75) is 6.10 Å². The zero-order chi connectivity index (χ0) is 16.8. The minimum Gasteiger partial charge on any atom is -0.483 e. The second kappa shape index (κ2) is 9.46. The highest BCUT2D eigenvalue weighted by Gasteiger charge is 2.25. The van der Waals surface area contributed by atoms with Crippen LogP contribution in [0.2, 0.25) is 0 Å². The van der Waals surface area contributed by atoms with Gasteiger partial charge in [-0.25, -0.2) is 0 Å². The summed E-state index contributed by atoms with van der Waals surface area (Å²) in [5.41, 5.74) is 0.375. The van der Waals surface area contributed by atoms with Crippen molar-refractivity contribution < 1.29 is 19.4 Å². The average Bonchev–Trinajstić information content (AvgIpc) is 2.95. The third-order valence-electron chi connectivity index (χ3n) is 3.81. The van der Waals surface area contributed by atoms with Gasteiger partial charge in [0.1, 0.15) is 5.75 Å². The van der Waals surface area contributed by atoms with Crippen LogP contribution in [0, 0.1) is 5.92 Å². The molecule has 0 saturated carbocycles. The van der Waals surface area contributed by atoms with Gasteiger partial charge in [0.25, 0.3) is 11.8 Å². The van der Waals surface area contributed by atoms with Crippen LogP contribution in [0.1, 0.15) is 10.4 Å². The zero-order valence-electron chi connectivity index (χ0n) is 13.8. The maximum atomic E-state index is 12.3. The van der Waals surface area contributed by atoms with Gasteiger partial charge in [0.15, 0.2) is 6.61 Å². The molecule has 24 heavy (non-hydrogen) atoms. The van der Waals surface area contributed by atoms with Crippen molar-refractivity contribution in [1.82, 2.24) is 15.5 Å². The Hall–Kier alpha value is -1.83. The molecule has 2 unspecified atom stereocenters. The summed E-state index contributed by atoms with van der Waals surface area (Å²) in [6, 6.07) is 6.79. The molecule has 0 aliphatic carbocycles. The first-order valence-electron chi connectivity index (χ1n) is 7.58. The molecule has 0 radical (unpaired) electrons. The van der Waals surface area contributed by atoms with E-state index in [1.807, 2.05) is 0 Å². The summed E-state index contributed by atoms with van der Waals surface area (Å²) in [5, 5.41) is 15.6. The summed E-state index contributed by atoms with van der Waals surface area (Å²) in [5.74, 6) is -0.0926. The molecule has 1 aromatic rings. The Bertz CT molecular complexity index is 568. The molecule has 1 heterocycles. The van der Waals surface area contributed by atoms with Gasteiger partial charge in [-0.05, 0) is 12.1 Å². The number of rotatable bonds is 6. The second-order valence-electron chi connectivity index (χ2n) is 5.77. The molecule has 1 aromatic carbocycles. The molecule has 8 heteroatoms. The fourth-order valence-electron chi connectivity index (χ4n) is 2.30. The van der Waals surface area contributed by atoms with Crippen LogP contribution in [0.25, 0.3) is 0 Å². The number of carbonyl (C=O) groups excluding carboxylic acids is 2. The number of ether oxygens (including phenoxy) is 1. The number of benzene rings is 1. The van der Waals surface area contributed by atoms with E-state index >= 15 is 0 Å². The Morgan fingerprint density at radius 2 is 2.04 bits per heavy atom. The third-order valence-corrected chi connectivity index (χ3v) is 3.81. The number of aliphatic hydroxyl groups excluding tert-OH is 1. The summed E-state index contributed by atoms with van der Waals surface area (Å²) < 4.78 is 5.46. The first kappa shape index (κ1) is 20.2. The summed E-state index contributed by atoms with van der Waals surface area (Å²) in [6.07, 6.45) is -0.445. The Kier molecular flexibility index (Phi) is 7.97. The molecule has 2 rings (SSSR count). The van der Waals surface area contributed by atoms with Gasteiger partial charge in [0.2, 0.25) is 0 Å². The summed E-state index contributed by atoms with van der Waals surface area (Å²) in [4.78, 5) is 25.3. The van der Waals surface area contributed by atoms with Crippen molar-refractivity contribution in [2.24, 2.45) is 5.92 Å². The molecule has 1 saturated heterocycles. The molecule has 1 aliphatic heterocycles. The lowest BCUT2D eigenvalue weighted by Crippen LogP contribution is -2.34. The minimum atomic E-state index is -0.445. The maximum absolute atomic E-state index is 12.3. The van der Waals surface area contributed by atoms with Crippen molar-refractivity contribution in [3.05, 3.63) is 29.8 Å². The molecule has 2 atom stereocenters. The van der Waals surface area contributed by atoms with Gasteiger partial charge in [-0.1, -0.05) is 12.1 Å². The van der Waals surface area contributed by atoms with E-state index in [4.69, 9.17) is 4.74 Å². The fourth-order valence-corrected chi connectivity index (χ4v) is 2.30. The van der Waals surface area contributed by atoms with E-state index < -0.39 is 6.10 Å². The van der Waals surface area contributed by atoms with Crippen LogP contribution in [0.5, 0.6) is 5.75 Å². The van der Waals surface area contributed by atoms with E-state index in [-0.39, 0.29) is 36.7 Å². The highest BCUT2D eigenvalue weighted by atomic mass is 35.5. The molecular weight excluding hydrogens is 334 g/mol. The summed E-state index contributed by atoms with van der Waals surface area (Å²) >= 11 is 0. The minimum absolute atomic E-state index is 0. The molecule has 1 fully saturated rings. The van der Waals surface area contributed by atoms with Crippen LogP contribution < -0.4 is 15.4 Å². The average molecular weight is 358 g/mol. The lowest BCUT2D eigenvalue weighted by Gasteiger charge is -2.16. The number of β-amino-alcohol motifs (C(OH)–C–C–N with tert-alkyl or cyclic N) is 1. The number of nitrogens with one attached hydrogen (secondary N) is 2. The topological polar surface area (TPSA) is 90.9 Å². The zero-order valence-corrected chi connectivity index (χ0v) is 14.6. The van der Waals surface area contributed by atoms with Crippen molar-refractivity contribution in [2.75, 3.05) is 40.3 Å². The van der Waals surface area contributed by atoms with E-state index in [0.29, 0.717) is 30.9 Å². The highest BCUT2D eigenvalue weighted by Crippen LogP contribution is 2.18. The van der Waals surface area contributed by atoms with E-state index in [1.54, 1.807) is 38.4 Å². The lowest BCUT2D eigenvalue weighted by atomic mass is 10.1. The Morgan fingerprint density at radius 3 is 2.67 bits per heavy atom. The molecule has 2 amide bonds. The van der Waals surface area contributed by atoms with E-state index in [0.717, 1.165) is 0 Å². The van der Waals surface area contributed by atoms with E-state index in [9.17, 15) is 14.7 Å². The molecule has 7 nitrogen and oxygen atoms in total. The smallest absolute Gasteiger partial charge is 0.259 e. The highest BCUT2D eigenvalue weighted by molar-refractivity contribution is 5.97. The van der Waals surface area contributed by atoms with Gasteiger partial charge < -0.3 is 25.4 Å². The number of hydrogen-bond acceptors (Lipinski definition) is 5. The molecule has 0 bridgehead atoms.